The van der Waals surface area contributed by atoms with Crippen molar-refractivity contribution in [3.8, 4) is 0 Å². The number of carbonyl (C=O) groups is 1. The van der Waals surface area contributed by atoms with Gasteiger partial charge in [0.05, 0.1) is 5.69 Å². The minimum absolute atomic E-state index is 0.118. The van der Waals surface area contributed by atoms with E-state index in [1.807, 2.05) is 41.9 Å². The fraction of sp³-hybridized carbons (Fsp3) is 0.263. The molecule has 3 heterocycles. The van der Waals surface area contributed by atoms with E-state index in [-0.39, 0.29) is 5.91 Å². The number of aryl methyl sites for hydroxylation is 1. The van der Waals surface area contributed by atoms with Gasteiger partial charge >= 0.3 is 0 Å². The van der Waals surface area contributed by atoms with Crippen LogP contribution in [-0.4, -0.2) is 28.4 Å². The summed E-state index contributed by atoms with van der Waals surface area (Å²) in [5.74, 6) is -0.118. The summed E-state index contributed by atoms with van der Waals surface area (Å²) in [6.45, 7) is 4.18. The van der Waals surface area contributed by atoms with Crippen molar-refractivity contribution in [2.75, 3.05) is 23.3 Å². The predicted molar refractivity (Wildman–Crippen MR) is 95.8 cm³/mol. The lowest BCUT2D eigenvalue weighted by Gasteiger charge is -2.17. The predicted octanol–water partition coefficient (Wildman–Crippen LogP) is 3.50. The van der Waals surface area contributed by atoms with Crippen LogP contribution in [0.5, 0.6) is 0 Å². The van der Waals surface area contributed by atoms with Crippen molar-refractivity contribution in [2.24, 2.45) is 0 Å². The lowest BCUT2D eigenvalue weighted by Crippen LogP contribution is -2.17. The van der Waals surface area contributed by atoms with E-state index in [2.05, 4.69) is 27.3 Å². The number of hydrogen-bond donors (Lipinski definition) is 1. The smallest absolute Gasteiger partial charge is 0.255 e. The van der Waals surface area contributed by atoms with Crippen LogP contribution in [0.4, 0.5) is 11.4 Å². The maximum Gasteiger partial charge on any atom is 0.255 e. The minimum Gasteiger partial charge on any atom is -0.372 e. The van der Waals surface area contributed by atoms with Crippen LogP contribution < -0.4 is 10.2 Å². The van der Waals surface area contributed by atoms with Crippen molar-refractivity contribution < 1.29 is 4.79 Å². The van der Waals surface area contributed by atoms with Crippen molar-refractivity contribution in [3.63, 3.8) is 0 Å². The largest absolute Gasteiger partial charge is 0.372 e. The minimum atomic E-state index is -0.118. The molecule has 0 unspecified atom stereocenters. The lowest BCUT2D eigenvalue weighted by molar-refractivity contribution is 0.102. The SMILES string of the molecule is Cc1cn2ccc(C(=O)Nc3ccc(N4CCCC4)cc3)cc2n1. The number of nitrogens with zero attached hydrogens (tertiary/aromatic N) is 3. The highest BCUT2D eigenvalue weighted by Gasteiger charge is 2.12. The molecule has 5 heteroatoms. The van der Waals surface area contributed by atoms with Crippen LogP contribution >= 0.6 is 0 Å². The number of anilines is 2. The fourth-order valence-corrected chi connectivity index (χ4v) is 3.18. The first-order valence-electron chi connectivity index (χ1n) is 8.31. The quantitative estimate of drug-likeness (QED) is 0.803. The maximum atomic E-state index is 12.4. The summed E-state index contributed by atoms with van der Waals surface area (Å²) < 4.78 is 1.91. The van der Waals surface area contributed by atoms with Crippen molar-refractivity contribution in [2.45, 2.75) is 19.8 Å². The van der Waals surface area contributed by atoms with Gasteiger partial charge in [0.2, 0.25) is 0 Å². The van der Waals surface area contributed by atoms with E-state index in [9.17, 15) is 4.79 Å². The summed E-state index contributed by atoms with van der Waals surface area (Å²) in [4.78, 5) is 19.2. The molecule has 1 aromatic carbocycles. The van der Waals surface area contributed by atoms with Crippen molar-refractivity contribution >= 4 is 22.9 Å². The highest BCUT2D eigenvalue weighted by molar-refractivity contribution is 6.04. The van der Waals surface area contributed by atoms with Crippen molar-refractivity contribution in [1.82, 2.24) is 9.38 Å². The van der Waals surface area contributed by atoms with Crippen LogP contribution in [0.15, 0.2) is 48.8 Å². The Morgan fingerprint density at radius 2 is 1.88 bits per heavy atom. The molecular formula is C19H20N4O. The highest BCUT2D eigenvalue weighted by atomic mass is 16.1. The van der Waals surface area contributed by atoms with Gasteiger partial charge in [-0.3, -0.25) is 4.79 Å². The van der Waals surface area contributed by atoms with E-state index in [1.165, 1.54) is 18.5 Å². The van der Waals surface area contributed by atoms with E-state index in [1.54, 1.807) is 6.07 Å². The number of carbonyl (C=O) groups excluding carboxylic acids is 1. The van der Waals surface area contributed by atoms with Gasteiger partial charge in [-0.1, -0.05) is 0 Å². The number of hydrogen-bond acceptors (Lipinski definition) is 3. The molecule has 0 aliphatic carbocycles. The zero-order valence-corrected chi connectivity index (χ0v) is 13.7. The van der Waals surface area contributed by atoms with Crippen LogP contribution in [0, 0.1) is 6.92 Å². The third-order valence-electron chi connectivity index (χ3n) is 4.44. The summed E-state index contributed by atoms with van der Waals surface area (Å²) in [5.41, 5.74) is 4.36. The van der Waals surface area contributed by atoms with E-state index >= 15 is 0 Å². The number of imidazole rings is 1. The zero-order valence-electron chi connectivity index (χ0n) is 13.7. The van der Waals surface area contributed by atoms with Gasteiger partial charge < -0.3 is 14.6 Å². The highest BCUT2D eigenvalue weighted by Crippen LogP contribution is 2.22. The second-order valence-corrected chi connectivity index (χ2v) is 6.26. The molecule has 0 atom stereocenters. The fourth-order valence-electron chi connectivity index (χ4n) is 3.18. The molecule has 5 nitrogen and oxygen atoms in total. The van der Waals surface area contributed by atoms with Gasteiger partial charge in [-0.15, -0.1) is 0 Å². The molecule has 1 fully saturated rings. The Bertz CT molecular complexity index is 876. The van der Waals surface area contributed by atoms with Crippen LogP contribution in [-0.2, 0) is 0 Å². The third kappa shape index (κ3) is 2.85. The van der Waals surface area contributed by atoms with Gasteiger partial charge in [-0.2, -0.15) is 0 Å². The number of pyridine rings is 1. The third-order valence-corrected chi connectivity index (χ3v) is 4.44. The maximum absolute atomic E-state index is 12.4. The number of aromatic nitrogens is 2. The number of benzene rings is 1. The molecule has 0 bridgehead atoms. The molecule has 24 heavy (non-hydrogen) atoms. The first kappa shape index (κ1) is 14.8. The molecule has 0 radical (unpaired) electrons. The average Bonchev–Trinajstić information content (AvgIpc) is 3.23. The first-order chi connectivity index (χ1) is 11.7. The second kappa shape index (κ2) is 6.00. The number of rotatable bonds is 3. The number of fused-ring (bicyclic) bond motifs is 1. The van der Waals surface area contributed by atoms with E-state index in [4.69, 9.17) is 0 Å². The standard InChI is InChI=1S/C19H20N4O/c1-14-13-23-11-8-15(12-18(23)20-14)19(24)21-16-4-6-17(7-5-16)22-9-2-3-10-22/h4-8,11-13H,2-3,9-10H2,1H3,(H,21,24). The summed E-state index contributed by atoms with van der Waals surface area (Å²) in [7, 11) is 0. The Kier molecular flexibility index (Phi) is 3.69. The lowest BCUT2D eigenvalue weighted by atomic mass is 10.2. The number of nitrogens with one attached hydrogen (secondary N) is 1. The van der Waals surface area contributed by atoms with E-state index < -0.39 is 0 Å². The molecule has 0 spiro atoms. The van der Waals surface area contributed by atoms with Crippen LogP contribution in [0.25, 0.3) is 5.65 Å². The Morgan fingerprint density at radius 1 is 1.12 bits per heavy atom. The summed E-state index contributed by atoms with van der Waals surface area (Å²) in [6.07, 6.45) is 6.32. The topological polar surface area (TPSA) is 49.6 Å². The Morgan fingerprint density at radius 3 is 2.62 bits per heavy atom. The van der Waals surface area contributed by atoms with Gasteiger partial charge in [0.1, 0.15) is 5.65 Å². The van der Waals surface area contributed by atoms with Crippen molar-refractivity contribution in [1.29, 1.82) is 0 Å². The van der Waals surface area contributed by atoms with Gasteiger partial charge in [0.15, 0.2) is 0 Å². The zero-order chi connectivity index (χ0) is 16.5. The van der Waals surface area contributed by atoms with E-state index in [0.29, 0.717) is 5.56 Å². The van der Waals surface area contributed by atoms with Crippen LogP contribution in [0.3, 0.4) is 0 Å². The summed E-state index contributed by atoms with van der Waals surface area (Å²) in [5, 5.41) is 2.95. The summed E-state index contributed by atoms with van der Waals surface area (Å²) >= 11 is 0. The van der Waals surface area contributed by atoms with Crippen LogP contribution in [0.2, 0.25) is 0 Å². The van der Waals surface area contributed by atoms with Gasteiger partial charge in [0.25, 0.3) is 5.91 Å². The molecule has 4 rings (SSSR count). The Labute approximate surface area is 140 Å². The summed E-state index contributed by atoms with van der Waals surface area (Å²) in [6, 6.07) is 11.7. The van der Waals surface area contributed by atoms with Gasteiger partial charge in [-0.25, -0.2) is 4.98 Å². The van der Waals surface area contributed by atoms with Crippen molar-refractivity contribution in [3.05, 3.63) is 60.0 Å². The molecule has 122 valence electrons. The molecule has 1 saturated heterocycles. The molecule has 3 aromatic rings. The van der Waals surface area contributed by atoms with Crippen LogP contribution in [0.1, 0.15) is 28.9 Å². The Hall–Kier alpha value is -2.82. The monoisotopic (exact) mass is 320 g/mol. The number of amides is 1. The molecule has 1 aliphatic heterocycles. The van der Waals surface area contributed by atoms with Gasteiger partial charge in [-0.05, 0) is 56.2 Å². The van der Waals surface area contributed by atoms with E-state index in [0.717, 1.165) is 30.1 Å². The second-order valence-electron chi connectivity index (χ2n) is 6.26. The molecule has 0 saturated carbocycles. The molecular weight excluding hydrogens is 300 g/mol. The van der Waals surface area contributed by atoms with Gasteiger partial charge in [0, 0.05) is 42.4 Å². The molecule has 2 aromatic heterocycles. The average molecular weight is 320 g/mol. The first-order valence-corrected chi connectivity index (χ1v) is 8.31. The normalized spacial score (nSPS) is 14.3. The Balaban J connectivity index is 1.49. The molecule has 1 N–H and O–H groups in total. The molecule has 1 amide bonds. The molecule has 1 aliphatic rings.